The largest absolute Gasteiger partial charge is 0.378 e. The standard InChI is InChI=1S/C15H16N4OS/c1-8-14(15(20)19-10(3)17-8)9(2)18-11-4-5-12-13(6-11)21-7-16-12/h4-7,9,18H,1-3H3,(H,17,19,20). The Morgan fingerprint density at radius 2 is 2.14 bits per heavy atom. The molecule has 3 aromatic rings. The predicted octanol–water partition coefficient (Wildman–Crippen LogP) is 3.17. The zero-order chi connectivity index (χ0) is 15.0. The molecule has 3 rings (SSSR count). The molecular weight excluding hydrogens is 284 g/mol. The Hall–Kier alpha value is -2.21. The van der Waals surface area contributed by atoms with E-state index in [0.717, 1.165) is 21.6 Å². The fourth-order valence-electron chi connectivity index (χ4n) is 2.51. The van der Waals surface area contributed by atoms with Gasteiger partial charge in [0.05, 0.1) is 33.0 Å². The summed E-state index contributed by atoms with van der Waals surface area (Å²) in [6, 6.07) is 5.89. The molecule has 2 heterocycles. The van der Waals surface area contributed by atoms with Crippen LogP contribution < -0.4 is 10.9 Å². The van der Waals surface area contributed by atoms with Crippen LogP contribution in [0.25, 0.3) is 10.2 Å². The zero-order valence-electron chi connectivity index (χ0n) is 12.1. The van der Waals surface area contributed by atoms with E-state index in [0.29, 0.717) is 11.4 Å². The SMILES string of the molecule is Cc1nc(C)c(C(C)Nc2ccc3ncsc3c2)c(=O)[nH]1. The van der Waals surface area contributed by atoms with Gasteiger partial charge in [0.2, 0.25) is 0 Å². The molecule has 5 nitrogen and oxygen atoms in total. The van der Waals surface area contributed by atoms with E-state index in [-0.39, 0.29) is 11.6 Å². The number of rotatable bonds is 3. The molecule has 1 unspecified atom stereocenters. The highest BCUT2D eigenvalue weighted by Crippen LogP contribution is 2.24. The molecule has 1 aromatic carbocycles. The minimum absolute atomic E-state index is 0.0844. The third-order valence-corrected chi connectivity index (χ3v) is 4.20. The summed E-state index contributed by atoms with van der Waals surface area (Å²) in [4.78, 5) is 23.5. The number of nitrogens with zero attached hydrogens (tertiary/aromatic N) is 2. The van der Waals surface area contributed by atoms with Crippen molar-refractivity contribution in [2.45, 2.75) is 26.8 Å². The fraction of sp³-hybridized carbons (Fsp3) is 0.267. The Morgan fingerprint density at radius 3 is 2.90 bits per heavy atom. The molecule has 0 amide bonds. The number of aromatic amines is 1. The number of benzene rings is 1. The van der Waals surface area contributed by atoms with Crippen molar-refractivity contribution in [2.24, 2.45) is 0 Å². The van der Waals surface area contributed by atoms with Crippen LogP contribution in [-0.2, 0) is 0 Å². The molecule has 2 aromatic heterocycles. The van der Waals surface area contributed by atoms with Gasteiger partial charge in [-0.2, -0.15) is 0 Å². The molecular formula is C15H16N4OS. The van der Waals surface area contributed by atoms with Crippen LogP contribution in [0.5, 0.6) is 0 Å². The second-order valence-corrected chi connectivity index (χ2v) is 5.94. The molecule has 0 saturated heterocycles. The average Bonchev–Trinajstić information content (AvgIpc) is 2.84. The van der Waals surface area contributed by atoms with Crippen LogP contribution in [0.1, 0.15) is 30.0 Å². The normalized spacial score (nSPS) is 12.5. The number of nitrogens with one attached hydrogen (secondary N) is 2. The minimum atomic E-state index is -0.118. The van der Waals surface area contributed by atoms with Gasteiger partial charge in [-0.25, -0.2) is 9.97 Å². The van der Waals surface area contributed by atoms with Crippen molar-refractivity contribution in [3.05, 3.63) is 51.1 Å². The van der Waals surface area contributed by atoms with Gasteiger partial charge in [0.15, 0.2) is 0 Å². The van der Waals surface area contributed by atoms with Gasteiger partial charge in [0, 0.05) is 5.69 Å². The lowest BCUT2D eigenvalue weighted by atomic mass is 10.1. The molecule has 108 valence electrons. The Labute approximate surface area is 126 Å². The van der Waals surface area contributed by atoms with Gasteiger partial charge in [-0.15, -0.1) is 11.3 Å². The number of fused-ring (bicyclic) bond motifs is 1. The first-order chi connectivity index (χ1) is 10.0. The Bertz CT molecular complexity index is 852. The summed E-state index contributed by atoms with van der Waals surface area (Å²) in [5.74, 6) is 0.638. The van der Waals surface area contributed by atoms with Crippen LogP contribution in [0.3, 0.4) is 0 Å². The molecule has 0 radical (unpaired) electrons. The number of thiazole rings is 1. The number of hydrogen-bond donors (Lipinski definition) is 2. The summed E-state index contributed by atoms with van der Waals surface area (Å²) < 4.78 is 1.12. The topological polar surface area (TPSA) is 70.7 Å². The van der Waals surface area contributed by atoms with Crippen molar-refractivity contribution in [3.8, 4) is 0 Å². The molecule has 0 aliphatic heterocycles. The summed E-state index contributed by atoms with van der Waals surface area (Å²) in [5.41, 5.74) is 5.14. The summed E-state index contributed by atoms with van der Waals surface area (Å²) >= 11 is 1.60. The van der Waals surface area contributed by atoms with Crippen molar-refractivity contribution < 1.29 is 0 Å². The molecule has 0 saturated carbocycles. The predicted molar refractivity (Wildman–Crippen MR) is 86.0 cm³/mol. The molecule has 6 heteroatoms. The van der Waals surface area contributed by atoms with Gasteiger partial charge in [0.1, 0.15) is 5.82 Å². The lowest BCUT2D eigenvalue weighted by molar-refractivity contribution is 0.814. The third-order valence-electron chi connectivity index (χ3n) is 3.41. The van der Waals surface area contributed by atoms with Crippen LogP contribution >= 0.6 is 11.3 Å². The van der Waals surface area contributed by atoms with E-state index in [1.165, 1.54) is 0 Å². The summed E-state index contributed by atoms with van der Waals surface area (Å²) in [7, 11) is 0. The summed E-state index contributed by atoms with van der Waals surface area (Å²) in [6.45, 7) is 5.61. The molecule has 1 atom stereocenters. The molecule has 0 aliphatic carbocycles. The van der Waals surface area contributed by atoms with Crippen molar-refractivity contribution in [1.29, 1.82) is 0 Å². The monoisotopic (exact) mass is 300 g/mol. The quantitative estimate of drug-likeness (QED) is 0.779. The maximum Gasteiger partial charge on any atom is 0.256 e. The zero-order valence-corrected chi connectivity index (χ0v) is 12.9. The lowest BCUT2D eigenvalue weighted by Gasteiger charge is -2.16. The van der Waals surface area contributed by atoms with Crippen molar-refractivity contribution in [3.63, 3.8) is 0 Å². The number of hydrogen-bond acceptors (Lipinski definition) is 5. The average molecular weight is 300 g/mol. The fourth-order valence-corrected chi connectivity index (χ4v) is 3.23. The highest BCUT2D eigenvalue weighted by molar-refractivity contribution is 7.16. The van der Waals surface area contributed by atoms with Crippen LogP contribution in [0, 0.1) is 13.8 Å². The third kappa shape index (κ3) is 2.67. The number of H-pyrrole nitrogens is 1. The van der Waals surface area contributed by atoms with Gasteiger partial charge in [-0.05, 0) is 39.0 Å². The van der Waals surface area contributed by atoms with Gasteiger partial charge in [-0.3, -0.25) is 4.79 Å². The Balaban J connectivity index is 1.92. The first-order valence-electron chi connectivity index (χ1n) is 6.72. The smallest absolute Gasteiger partial charge is 0.256 e. The molecule has 0 spiro atoms. The highest BCUT2D eigenvalue weighted by atomic mass is 32.1. The van der Waals surface area contributed by atoms with Gasteiger partial charge in [0.25, 0.3) is 5.56 Å². The van der Waals surface area contributed by atoms with E-state index in [9.17, 15) is 4.79 Å². The van der Waals surface area contributed by atoms with Gasteiger partial charge in [-0.1, -0.05) is 0 Å². The molecule has 0 fully saturated rings. The molecule has 0 bridgehead atoms. The van der Waals surface area contributed by atoms with E-state index >= 15 is 0 Å². The molecule has 2 N–H and O–H groups in total. The first kappa shape index (κ1) is 13.8. The number of anilines is 1. The second kappa shape index (κ2) is 5.29. The summed E-state index contributed by atoms with van der Waals surface area (Å²) in [6.07, 6.45) is 0. The number of aromatic nitrogens is 3. The first-order valence-corrected chi connectivity index (χ1v) is 7.60. The van der Waals surface area contributed by atoms with Crippen LogP contribution in [-0.4, -0.2) is 15.0 Å². The van der Waals surface area contributed by atoms with E-state index in [2.05, 4.69) is 26.3 Å². The maximum absolute atomic E-state index is 12.1. The van der Waals surface area contributed by atoms with Crippen molar-refractivity contribution >= 4 is 27.2 Å². The van der Waals surface area contributed by atoms with E-state index < -0.39 is 0 Å². The van der Waals surface area contributed by atoms with Gasteiger partial charge >= 0.3 is 0 Å². The van der Waals surface area contributed by atoms with Crippen LogP contribution in [0.4, 0.5) is 5.69 Å². The minimum Gasteiger partial charge on any atom is -0.378 e. The molecule has 0 aliphatic rings. The molecule has 21 heavy (non-hydrogen) atoms. The van der Waals surface area contributed by atoms with E-state index in [4.69, 9.17) is 0 Å². The second-order valence-electron chi connectivity index (χ2n) is 5.05. The lowest BCUT2D eigenvalue weighted by Crippen LogP contribution is -2.23. The summed E-state index contributed by atoms with van der Waals surface area (Å²) in [5, 5.41) is 3.36. The number of aryl methyl sites for hydroxylation is 2. The van der Waals surface area contributed by atoms with Gasteiger partial charge < -0.3 is 10.3 Å². The van der Waals surface area contributed by atoms with Crippen LogP contribution in [0.15, 0.2) is 28.5 Å². The highest BCUT2D eigenvalue weighted by Gasteiger charge is 2.14. The van der Waals surface area contributed by atoms with E-state index in [1.54, 1.807) is 18.3 Å². The van der Waals surface area contributed by atoms with Crippen molar-refractivity contribution in [1.82, 2.24) is 15.0 Å². The Kier molecular flexibility index (Phi) is 3.47. The van der Waals surface area contributed by atoms with E-state index in [1.807, 2.05) is 31.5 Å². The maximum atomic E-state index is 12.1. The Morgan fingerprint density at radius 1 is 1.33 bits per heavy atom. The van der Waals surface area contributed by atoms with Crippen LogP contribution in [0.2, 0.25) is 0 Å². The van der Waals surface area contributed by atoms with Crippen molar-refractivity contribution in [2.75, 3.05) is 5.32 Å².